The van der Waals surface area contributed by atoms with Gasteiger partial charge in [-0.05, 0) is 37.6 Å². The highest BCUT2D eigenvalue weighted by molar-refractivity contribution is 6.01. The van der Waals surface area contributed by atoms with Gasteiger partial charge in [-0.25, -0.2) is 4.98 Å². The standard InChI is InChI=1S/C23H24N4O3/c1-15-4-5-16(2)18(12-15)22(29)20-14-27(10-11-30-20)23-25-19(13-21(28)26(23)3)17-6-8-24-9-7-17/h4-9,12-13,20H,10-11,14H2,1-3H3. The Kier molecular flexibility index (Phi) is 5.46. The molecule has 0 spiro atoms. The Morgan fingerprint density at radius 3 is 2.67 bits per heavy atom. The number of pyridine rings is 1. The number of ketones is 1. The van der Waals surface area contributed by atoms with Crippen LogP contribution in [0.1, 0.15) is 21.5 Å². The van der Waals surface area contributed by atoms with Crippen LogP contribution < -0.4 is 10.5 Å². The SMILES string of the molecule is Cc1ccc(C)c(C(=O)C2CN(c3nc(-c4ccncc4)cc(=O)n3C)CCO2)c1. The van der Waals surface area contributed by atoms with E-state index in [-0.39, 0.29) is 11.3 Å². The first-order valence-corrected chi connectivity index (χ1v) is 9.90. The fourth-order valence-corrected chi connectivity index (χ4v) is 3.65. The van der Waals surface area contributed by atoms with Crippen LogP contribution in [-0.2, 0) is 11.8 Å². The van der Waals surface area contributed by atoms with E-state index in [2.05, 4.69) is 4.98 Å². The van der Waals surface area contributed by atoms with Crippen LogP contribution in [0.3, 0.4) is 0 Å². The Labute approximate surface area is 175 Å². The number of anilines is 1. The molecule has 3 heterocycles. The van der Waals surface area contributed by atoms with E-state index in [4.69, 9.17) is 9.72 Å². The molecule has 7 nitrogen and oxygen atoms in total. The zero-order chi connectivity index (χ0) is 21.3. The van der Waals surface area contributed by atoms with Gasteiger partial charge in [0.15, 0.2) is 5.78 Å². The number of carbonyl (C=O) groups is 1. The Bertz CT molecular complexity index is 1140. The van der Waals surface area contributed by atoms with Gasteiger partial charge in [0.05, 0.1) is 18.8 Å². The summed E-state index contributed by atoms with van der Waals surface area (Å²) >= 11 is 0. The zero-order valence-electron chi connectivity index (χ0n) is 17.3. The minimum Gasteiger partial charge on any atom is -0.366 e. The number of aromatic nitrogens is 3. The van der Waals surface area contributed by atoms with Crippen molar-refractivity contribution in [2.24, 2.45) is 7.05 Å². The summed E-state index contributed by atoms with van der Waals surface area (Å²) in [5.41, 5.74) is 3.88. The zero-order valence-corrected chi connectivity index (χ0v) is 17.3. The van der Waals surface area contributed by atoms with E-state index in [0.29, 0.717) is 36.9 Å². The summed E-state index contributed by atoms with van der Waals surface area (Å²) in [6, 6.07) is 11.0. The monoisotopic (exact) mass is 404 g/mol. The molecular formula is C23H24N4O3. The van der Waals surface area contributed by atoms with Crippen LogP contribution in [0.5, 0.6) is 0 Å². The molecule has 0 saturated carbocycles. The molecule has 154 valence electrons. The summed E-state index contributed by atoms with van der Waals surface area (Å²) in [6.45, 7) is 5.17. The van der Waals surface area contributed by atoms with Crippen molar-refractivity contribution < 1.29 is 9.53 Å². The summed E-state index contributed by atoms with van der Waals surface area (Å²) in [7, 11) is 1.69. The maximum absolute atomic E-state index is 13.1. The Morgan fingerprint density at radius 1 is 1.13 bits per heavy atom. The molecule has 7 heteroatoms. The predicted molar refractivity (Wildman–Crippen MR) is 115 cm³/mol. The molecule has 0 N–H and O–H groups in total. The van der Waals surface area contributed by atoms with Gasteiger partial charge in [-0.1, -0.05) is 17.7 Å². The molecular weight excluding hydrogens is 380 g/mol. The van der Waals surface area contributed by atoms with Crippen molar-refractivity contribution in [3.63, 3.8) is 0 Å². The number of carbonyl (C=O) groups excluding carboxylic acids is 1. The number of ether oxygens (including phenoxy) is 1. The van der Waals surface area contributed by atoms with Crippen LogP contribution in [0, 0.1) is 13.8 Å². The van der Waals surface area contributed by atoms with Crippen molar-refractivity contribution in [3.8, 4) is 11.3 Å². The average Bonchev–Trinajstić information content (AvgIpc) is 2.77. The Balaban J connectivity index is 1.65. The summed E-state index contributed by atoms with van der Waals surface area (Å²) in [5.74, 6) is 0.479. The molecule has 1 fully saturated rings. The first-order valence-electron chi connectivity index (χ1n) is 9.90. The lowest BCUT2D eigenvalue weighted by atomic mass is 9.98. The lowest BCUT2D eigenvalue weighted by molar-refractivity contribution is 0.0336. The van der Waals surface area contributed by atoms with Crippen molar-refractivity contribution >= 4 is 11.7 Å². The third-order valence-electron chi connectivity index (χ3n) is 5.39. The summed E-state index contributed by atoms with van der Waals surface area (Å²) in [6.07, 6.45) is 2.73. The number of morpholine rings is 1. The maximum atomic E-state index is 13.1. The molecule has 1 unspecified atom stereocenters. The molecule has 3 aromatic rings. The first-order chi connectivity index (χ1) is 14.4. The van der Waals surface area contributed by atoms with Crippen LogP contribution >= 0.6 is 0 Å². The van der Waals surface area contributed by atoms with E-state index in [1.54, 1.807) is 19.4 Å². The molecule has 0 aliphatic carbocycles. The number of hydrogen-bond acceptors (Lipinski definition) is 6. The third kappa shape index (κ3) is 3.89. The molecule has 30 heavy (non-hydrogen) atoms. The predicted octanol–water partition coefficient (Wildman–Crippen LogP) is 2.55. The van der Waals surface area contributed by atoms with Crippen LogP contribution in [-0.4, -0.2) is 46.1 Å². The van der Waals surface area contributed by atoms with Crippen molar-refractivity contribution in [2.75, 3.05) is 24.6 Å². The number of nitrogens with zero attached hydrogens (tertiary/aromatic N) is 4. The molecule has 1 aromatic carbocycles. The Hall–Kier alpha value is -3.32. The van der Waals surface area contributed by atoms with Crippen LogP contribution in [0.4, 0.5) is 5.95 Å². The van der Waals surface area contributed by atoms with E-state index >= 15 is 0 Å². The second kappa shape index (κ2) is 8.20. The van der Waals surface area contributed by atoms with Gasteiger partial charge in [-0.15, -0.1) is 0 Å². The van der Waals surface area contributed by atoms with E-state index in [0.717, 1.165) is 16.7 Å². The number of rotatable bonds is 4. The molecule has 4 rings (SSSR count). The highest BCUT2D eigenvalue weighted by atomic mass is 16.5. The highest BCUT2D eigenvalue weighted by Gasteiger charge is 2.30. The molecule has 1 atom stereocenters. The average molecular weight is 404 g/mol. The van der Waals surface area contributed by atoms with E-state index in [1.807, 2.05) is 49.1 Å². The molecule has 0 bridgehead atoms. The second-order valence-electron chi connectivity index (χ2n) is 7.56. The van der Waals surface area contributed by atoms with E-state index in [1.165, 1.54) is 10.6 Å². The molecule has 0 amide bonds. The lowest BCUT2D eigenvalue weighted by Crippen LogP contribution is -2.48. The summed E-state index contributed by atoms with van der Waals surface area (Å²) in [4.78, 5) is 36.4. The fraction of sp³-hybridized carbons (Fsp3) is 0.304. The number of Topliss-reactive ketones (excluding diaryl/α,β-unsaturated/α-hetero) is 1. The smallest absolute Gasteiger partial charge is 0.255 e. The van der Waals surface area contributed by atoms with Crippen molar-refractivity contribution in [1.82, 2.24) is 14.5 Å². The molecule has 1 saturated heterocycles. The molecule has 1 aliphatic rings. The first kappa shape index (κ1) is 20.0. The largest absolute Gasteiger partial charge is 0.366 e. The minimum atomic E-state index is -0.610. The minimum absolute atomic E-state index is 0.0452. The number of benzene rings is 1. The van der Waals surface area contributed by atoms with Gasteiger partial charge in [0.25, 0.3) is 5.56 Å². The normalized spacial score (nSPS) is 16.5. The van der Waals surface area contributed by atoms with Gasteiger partial charge in [0.1, 0.15) is 6.10 Å². The van der Waals surface area contributed by atoms with Gasteiger partial charge in [-0.3, -0.25) is 19.1 Å². The van der Waals surface area contributed by atoms with Crippen LogP contribution in [0.2, 0.25) is 0 Å². The van der Waals surface area contributed by atoms with Crippen LogP contribution in [0.25, 0.3) is 11.3 Å². The molecule has 0 radical (unpaired) electrons. The second-order valence-corrected chi connectivity index (χ2v) is 7.56. The van der Waals surface area contributed by atoms with Gasteiger partial charge < -0.3 is 9.64 Å². The lowest BCUT2D eigenvalue weighted by Gasteiger charge is -2.34. The number of aryl methyl sites for hydroxylation is 2. The quantitative estimate of drug-likeness (QED) is 0.622. The summed E-state index contributed by atoms with van der Waals surface area (Å²) in [5, 5.41) is 0. The van der Waals surface area contributed by atoms with E-state index < -0.39 is 6.10 Å². The highest BCUT2D eigenvalue weighted by Crippen LogP contribution is 2.22. The Morgan fingerprint density at radius 2 is 1.90 bits per heavy atom. The maximum Gasteiger partial charge on any atom is 0.255 e. The van der Waals surface area contributed by atoms with Crippen molar-refractivity contribution in [1.29, 1.82) is 0 Å². The van der Waals surface area contributed by atoms with Gasteiger partial charge in [0.2, 0.25) is 5.95 Å². The topological polar surface area (TPSA) is 77.3 Å². The van der Waals surface area contributed by atoms with Crippen molar-refractivity contribution in [3.05, 3.63) is 75.8 Å². The van der Waals surface area contributed by atoms with E-state index in [9.17, 15) is 9.59 Å². The summed E-state index contributed by atoms with van der Waals surface area (Å²) < 4.78 is 7.32. The molecule has 2 aromatic heterocycles. The number of hydrogen-bond donors (Lipinski definition) is 0. The fourth-order valence-electron chi connectivity index (χ4n) is 3.65. The third-order valence-corrected chi connectivity index (χ3v) is 5.39. The van der Waals surface area contributed by atoms with Gasteiger partial charge in [0, 0.05) is 43.2 Å². The van der Waals surface area contributed by atoms with Crippen LogP contribution in [0.15, 0.2) is 53.6 Å². The van der Waals surface area contributed by atoms with Gasteiger partial charge >= 0.3 is 0 Å². The van der Waals surface area contributed by atoms with Crippen molar-refractivity contribution in [2.45, 2.75) is 20.0 Å². The van der Waals surface area contributed by atoms with Gasteiger partial charge in [-0.2, -0.15) is 0 Å². The molecule has 1 aliphatic heterocycles.